The summed E-state index contributed by atoms with van der Waals surface area (Å²) in [4.78, 5) is 0. The second kappa shape index (κ2) is 9.64. The molecule has 120 valence electrons. The topological polar surface area (TPSA) is 50.7 Å². The van der Waals surface area contributed by atoms with Crippen LogP contribution >= 0.6 is 0 Å². The molecule has 1 rings (SSSR count). The van der Waals surface area contributed by atoms with Crippen LogP contribution in [-0.2, 0) is 0 Å². The van der Waals surface area contributed by atoms with E-state index in [1.807, 2.05) is 24.3 Å². The molecule has 0 aliphatic heterocycles. The van der Waals surface area contributed by atoms with E-state index in [0.717, 1.165) is 6.42 Å². The fourth-order valence-electron chi connectivity index (χ4n) is 2.01. The SMILES string of the molecule is COc1ccccc1OCC(O)CNC(C)CCC(C)C. The van der Waals surface area contributed by atoms with Crippen molar-refractivity contribution in [2.24, 2.45) is 5.92 Å². The normalized spacial score (nSPS) is 14.0. The van der Waals surface area contributed by atoms with Crippen LogP contribution in [0.4, 0.5) is 0 Å². The van der Waals surface area contributed by atoms with Gasteiger partial charge < -0.3 is 19.9 Å². The summed E-state index contributed by atoms with van der Waals surface area (Å²) in [5.41, 5.74) is 0. The van der Waals surface area contributed by atoms with E-state index in [1.54, 1.807) is 7.11 Å². The van der Waals surface area contributed by atoms with E-state index in [-0.39, 0.29) is 6.61 Å². The Labute approximate surface area is 128 Å². The Morgan fingerprint density at radius 3 is 2.38 bits per heavy atom. The maximum atomic E-state index is 9.97. The van der Waals surface area contributed by atoms with Crippen LogP contribution in [-0.4, -0.2) is 37.5 Å². The zero-order valence-corrected chi connectivity index (χ0v) is 13.6. The number of rotatable bonds is 10. The van der Waals surface area contributed by atoms with Gasteiger partial charge in [-0.3, -0.25) is 0 Å². The third-order valence-electron chi connectivity index (χ3n) is 3.38. The highest BCUT2D eigenvalue weighted by Gasteiger charge is 2.10. The lowest BCUT2D eigenvalue weighted by Gasteiger charge is -2.18. The van der Waals surface area contributed by atoms with Crippen LogP contribution in [0.2, 0.25) is 0 Å². The molecule has 2 unspecified atom stereocenters. The molecule has 0 aliphatic carbocycles. The molecule has 0 heterocycles. The molecule has 1 aromatic rings. The van der Waals surface area contributed by atoms with Crippen molar-refractivity contribution in [3.63, 3.8) is 0 Å². The molecule has 0 bridgehead atoms. The first kappa shape index (κ1) is 17.8. The van der Waals surface area contributed by atoms with Gasteiger partial charge in [-0.05, 0) is 37.8 Å². The molecule has 4 nitrogen and oxygen atoms in total. The first-order chi connectivity index (χ1) is 10.0. The summed E-state index contributed by atoms with van der Waals surface area (Å²) < 4.78 is 10.8. The molecule has 2 N–H and O–H groups in total. The Kier molecular flexibility index (Phi) is 8.16. The van der Waals surface area contributed by atoms with Crippen LogP contribution in [0.3, 0.4) is 0 Å². The van der Waals surface area contributed by atoms with Crippen molar-refractivity contribution in [3.05, 3.63) is 24.3 Å². The van der Waals surface area contributed by atoms with Gasteiger partial charge in [-0.1, -0.05) is 26.0 Å². The standard InChI is InChI=1S/C17H29NO3/c1-13(2)9-10-14(3)18-11-15(19)12-21-17-8-6-5-7-16(17)20-4/h5-8,13-15,18-19H,9-12H2,1-4H3. The molecule has 0 fully saturated rings. The van der Waals surface area contributed by atoms with Gasteiger partial charge >= 0.3 is 0 Å². The van der Waals surface area contributed by atoms with Crippen LogP contribution in [0.25, 0.3) is 0 Å². The molecule has 0 radical (unpaired) electrons. The van der Waals surface area contributed by atoms with Crippen molar-refractivity contribution >= 4 is 0 Å². The third-order valence-corrected chi connectivity index (χ3v) is 3.38. The first-order valence-corrected chi connectivity index (χ1v) is 7.70. The van der Waals surface area contributed by atoms with Gasteiger partial charge in [-0.2, -0.15) is 0 Å². The van der Waals surface area contributed by atoms with Crippen LogP contribution in [0, 0.1) is 5.92 Å². The number of nitrogens with one attached hydrogen (secondary N) is 1. The van der Waals surface area contributed by atoms with Crippen molar-refractivity contribution in [1.82, 2.24) is 5.32 Å². The Hall–Kier alpha value is -1.26. The van der Waals surface area contributed by atoms with Gasteiger partial charge in [-0.25, -0.2) is 0 Å². The van der Waals surface area contributed by atoms with Gasteiger partial charge in [-0.15, -0.1) is 0 Å². The number of hydrogen-bond donors (Lipinski definition) is 2. The molecule has 0 spiro atoms. The Morgan fingerprint density at radius 1 is 1.10 bits per heavy atom. The van der Waals surface area contributed by atoms with Crippen LogP contribution < -0.4 is 14.8 Å². The van der Waals surface area contributed by atoms with E-state index < -0.39 is 6.10 Å². The second-order valence-electron chi connectivity index (χ2n) is 5.90. The summed E-state index contributed by atoms with van der Waals surface area (Å²) in [6.07, 6.45) is 1.79. The first-order valence-electron chi connectivity index (χ1n) is 7.70. The molecular formula is C17H29NO3. The summed E-state index contributed by atoms with van der Waals surface area (Å²) in [6, 6.07) is 7.86. The predicted octanol–water partition coefficient (Wildman–Crippen LogP) is 2.85. The van der Waals surface area contributed by atoms with Gasteiger partial charge in [0.25, 0.3) is 0 Å². The Balaban J connectivity index is 2.26. The number of aliphatic hydroxyl groups is 1. The van der Waals surface area contributed by atoms with Crippen molar-refractivity contribution in [3.8, 4) is 11.5 Å². The summed E-state index contributed by atoms with van der Waals surface area (Å²) in [5.74, 6) is 2.06. The molecule has 1 aromatic carbocycles. The van der Waals surface area contributed by atoms with Crippen molar-refractivity contribution < 1.29 is 14.6 Å². The number of aliphatic hydroxyl groups excluding tert-OH is 1. The summed E-state index contributed by atoms with van der Waals surface area (Å²) in [7, 11) is 1.61. The van der Waals surface area contributed by atoms with E-state index in [4.69, 9.17) is 9.47 Å². The lowest BCUT2D eigenvalue weighted by molar-refractivity contribution is 0.102. The second-order valence-corrected chi connectivity index (χ2v) is 5.90. The highest BCUT2D eigenvalue weighted by atomic mass is 16.5. The van der Waals surface area contributed by atoms with Crippen LogP contribution in [0.5, 0.6) is 11.5 Å². The molecule has 4 heteroatoms. The van der Waals surface area contributed by atoms with Crippen molar-refractivity contribution in [2.45, 2.75) is 45.8 Å². The number of para-hydroxylation sites is 2. The molecule has 21 heavy (non-hydrogen) atoms. The fourth-order valence-corrected chi connectivity index (χ4v) is 2.01. The van der Waals surface area contributed by atoms with Gasteiger partial charge in [0.05, 0.1) is 7.11 Å². The van der Waals surface area contributed by atoms with Crippen molar-refractivity contribution in [1.29, 1.82) is 0 Å². The third kappa shape index (κ3) is 7.34. The lowest BCUT2D eigenvalue weighted by Crippen LogP contribution is -2.36. The number of hydrogen-bond acceptors (Lipinski definition) is 4. The molecule has 0 saturated carbocycles. The van der Waals surface area contributed by atoms with E-state index in [1.165, 1.54) is 6.42 Å². The number of benzene rings is 1. The van der Waals surface area contributed by atoms with Gasteiger partial charge in [0.2, 0.25) is 0 Å². The van der Waals surface area contributed by atoms with E-state index in [0.29, 0.717) is 30.0 Å². The van der Waals surface area contributed by atoms with Crippen LogP contribution in [0.15, 0.2) is 24.3 Å². The lowest BCUT2D eigenvalue weighted by atomic mass is 10.0. The minimum atomic E-state index is -0.531. The van der Waals surface area contributed by atoms with E-state index in [2.05, 4.69) is 26.1 Å². The van der Waals surface area contributed by atoms with Gasteiger partial charge in [0.15, 0.2) is 11.5 Å². The zero-order chi connectivity index (χ0) is 15.7. The molecule has 0 aromatic heterocycles. The summed E-state index contributed by atoms with van der Waals surface area (Å²) >= 11 is 0. The average Bonchev–Trinajstić information content (AvgIpc) is 2.49. The Morgan fingerprint density at radius 2 is 1.76 bits per heavy atom. The summed E-state index contributed by atoms with van der Waals surface area (Å²) in [5, 5.41) is 13.3. The average molecular weight is 295 g/mol. The Bertz CT molecular complexity index is 395. The molecular weight excluding hydrogens is 266 g/mol. The predicted molar refractivity (Wildman–Crippen MR) is 86.0 cm³/mol. The maximum absolute atomic E-state index is 9.97. The van der Waals surface area contributed by atoms with Gasteiger partial charge in [0, 0.05) is 12.6 Å². The van der Waals surface area contributed by atoms with Gasteiger partial charge in [0.1, 0.15) is 12.7 Å². The maximum Gasteiger partial charge on any atom is 0.161 e. The monoisotopic (exact) mass is 295 g/mol. The number of ether oxygens (including phenoxy) is 2. The molecule has 0 amide bonds. The quantitative estimate of drug-likeness (QED) is 0.697. The highest BCUT2D eigenvalue weighted by molar-refractivity contribution is 5.39. The fraction of sp³-hybridized carbons (Fsp3) is 0.647. The zero-order valence-electron chi connectivity index (χ0n) is 13.6. The summed E-state index contributed by atoms with van der Waals surface area (Å²) in [6.45, 7) is 7.39. The minimum Gasteiger partial charge on any atom is -0.493 e. The molecule has 0 aliphatic rings. The minimum absolute atomic E-state index is 0.254. The molecule has 0 saturated heterocycles. The van der Waals surface area contributed by atoms with E-state index in [9.17, 15) is 5.11 Å². The largest absolute Gasteiger partial charge is 0.493 e. The number of methoxy groups -OCH3 is 1. The van der Waals surface area contributed by atoms with Crippen LogP contribution in [0.1, 0.15) is 33.6 Å². The molecule has 2 atom stereocenters. The van der Waals surface area contributed by atoms with E-state index >= 15 is 0 Å². The van der Waals surface area contributed by atoms with Crippen molar-refractivity contribution in [2.75, 3.05) is 20.3 Å². The smallest absolute Gasteiger partial charge is 0.161 e. The highest BCUT2D eigenvalue weighted by Crippen LogP contribution is 2.25.